The van der Waals surface area contributed by atoms with E-state index in [0.717, 1.165) is 5.69 Å². The Kier molecular flexibility index (Phi) is 3.72. The summed E-state index contributed by atoms with van der Waals surface area (Å²) < 4.78 is 0. The van der Waals surface area contributed by atoms with Gasteiger partial charge in [0.2, 0.25) is 0 Å². The first kappa shape index (κ1) is 11.3. The Bertz CT molecular complexity index is 302. The fourth-order valence-corrected chi connectivity index (χ4v) is 1.35. The molecule has 14 heavy (non-hydrogen) atoms. The van der Waals surface area contributed by atoms with Crippen molar-refractivity contribution in [2.45, 2.75) is 25.8 Å². The minimum absolute atomic E-state index is 0.155. The number of rotatable bonds is 4. The van der Waals surface area contributed by atoms with Crippen LogP contribution in [0.15, 0.2) is 18.5 Å². The first-order valence-corrected chi connectivity index (χ1v) is 4.91. The molecule has 0 spiro atoms. The molecule has 78 valence electrons. The molecule has 0 atom stereocenters. The number of aliphatic hydroxyl groups is 1. The van der Waals surface area contributed by atoms with Crippen molar-refractivity contribution >= 4 is 17.3 Å². The van der Waals surface area contributed by atoms with Gasteiger partial charge in [-0.05, 0) is 26.3 Å². The number of aliphatic hydroxyl groups excluding tert-OH is 1. The first-order chi connectivity index (χ1) is 6.55. The van der Waals surface area contributed by atoms with Gasteiger partial charge < -0.3 is 10.4 Å². The number of pyridine rings is 1. The van der Waals surface area contributed by atoms with E-state index in [-0.39, 0.29) is 12.1 Å². The molecule has 2 N–H and O–H groups in total. The van der Waals surface area contributed by atoms with Crippen LogP contribution in [0, 0.1) is 0 Å². The van der Waals surface area contributed by atoms with Crippen molar-refractivity contribution in [3.63, 3.8) is 0 Å². The second kappa shape index (κ2) is 4.62. The molecule has 0 aliphatic carbocycles. The molecule has 0 saturated heterocycles. The van der Waals surface area contributed by atoms with Crippen LogP contribution >= 0.6 is 11.6 Å². The minimum Gasteiger partial charge on any atom is -0.396 e. The summed E-state index contributed by atoms with van der Waals surface area (Å²) in [5.74, 6) is 0. The molecule has 0 aliphatic heterocycles. The number of hydrogen-bond donors (Lipinski definition) is 2. The molecule has 0 bridgehead atoms. The zero-order chi connectivity index (χ0) is 10.6. The summed E-state index contributed by atoms with van der Waals surface area (Å²) in [6, 6.07) is 1.82. The van der Waals surface area contributed by atoms with Crippen LogP contribution in [0.3, 0.4) is 0 Å². The zero-order valence-corrected chi connectivity index (χ0v) is 9.17. The second-order valence-electron chi connectivity index (χ2n) is 3.84. The van der Waals surface area contributed by atoms with Crippen LogP contribution in [0.2, 0.25) is 5.02 Å². The average Bonchev–Trinajstić information content (AvgIpc) is 2.08. The predicted molar refractivity (Wildman–Crippen MR) is 58.7 cm³/mol. The normalized spacial score (nSPS) is 11.4. The number of nitrogens with zero attached hydrogens (tertiary/aromatic N) is 1. The Morgan fingerprint density at radius 2 is 2.29 bits per heavy atom. The molecule has 0 saturated carbocycles. The van der Waals surface area contributed by atoms with Gasteiger partial charge in [0.1, 0.15) is 0 Å². The number of aromatic nitrogens is 1. The lowest BCUT2D eigenvalue weighted by atomic mass is 10.0. The third kappa shape index (κ3) is 3.16. The number of halogens is 1. The Morgan fingerprint density at radius 1 is 1.57 bits per heavy atom. The van der Waals surface area contributed by atoms with Crippen molar-refractivity contribution in [3.05, 3.63) is 23.5 Å². The molecule has 0 unspecified atom stereocenters. The topological polar surface area (TPSA) is 45.1 Å². The van der Waals surface area contributed by atoms with Crippen molar-refractivity contribution in [1.82, 2.24) is 4.98 Å². The van der Waals surface area contributed by atoms with Crippen LogP contribution in [0.25, 0.3) is 0 Å². The van der Waals surface area contributed by atoms with E-state index in [1.165, 1.54) is 0 Å². The molecule has 0 amide bonds. The third-order valence-electron chi connectivity index (χ3n) is 1.98. The summed E-state index contributed by atoms with van der Waals surface area (Å²) >= 11 is 5.94. The fourth-order valence-electron chi connectivity index (χ4n) is 1.18. The van der Waals surface area contributed by atoms with Gasteiger partial charge in [-0.25, -0.2) is 0 Å². The van der Waals surface area contributed by atoms with Crippen LogP contribution in [-0.2, 0) is 0 Å². The van der Waals surface area contributed by atoms with E-state index >= 15 is 0 Å². The van der Waals surface area contributed by atoms with E-state index in [1.54, 1.807) is 12.4 Å². The van der Waals surface area contributed by atoms with Crippen LogP contribution in [0.1, 0.15) is 20.3 Å². The molecule has 0 radical (unpaired) electrons. The van der Waals surface area contributed by atoms with Crippen molar-refractivity contribution < 1.29 is 5.11 Å². The van der Waals surface area contributed by atoms with Gasteiger partial charge in [-0.3, -0.25) is 4.98 Å². The number of nitrogens with one attached hydrogen (secondary N) is 1. The van der Waals surface area contributed by atoms with E-state index in [2.05, 4.69) is 10.3 Å². The fraction of sp³-hybridized carbons (Fsp3) is 0.500. The Morgan fingerprint density at radius 3 is 2.86 bits per heavy atom. The van der Waals surface area contributed by atoms with E-state index < -0.39 is 0 Å². The lowest BCUT2D eigenvalue weighted by molar-refractivity contribution is 0.261. The summed E-state index contributed by atoms with van der Waals surface area (Å²) in [7, 11) is 0. The number of anilines is 1. The van der Waals surface area contributed by atoms with Crippen LogP contribution in [0.5, 0.6) is 0 Å². The third-order valence-corrected chi connectivity index (χ3v) is 2.28. The van der Waals surface area contributed by atoms with E-state index in [1.807, 2.05) is 19.9 Å². The SMILES string of the molecule is CC(C)(CCO)Nc1ccncc1Cl. The quantitative estimate of drug-likeness (QED) is 0.809. The number of hydrogen-bond acceptors (Lipinski definition) is 3. The van der Waals surface area contributed by atoms with Gasteiger partial charge in [0.05, 0.1) is 10.7 Å². The highest BCUT2D eigenvalue weighted by Crippen LogP contribution is 2.24. The van der Waals surface area contributed by atoms with Crippen molar-refractivity contribution in [1.29, 1.82) is 0 Å². The highest BCUT2D eigenvalue weighted by atomic mass is 35.5. The van der Waals surface area contributed by atoms with Gasteiger partial charge in [0, 0.05) is 24.5 Å². The molecule has 1 heterocycles. The monoisotopic (exact) mass is 214 g/mol. The van der Waals surface area contributed by atoms with Crippen LogP contribution in [0.4, 0.5) is 5.69 Å². The van der Waals surface area contributed by atoms with Crippen LogP contribution < -0.4 is 5.32 Å². The van der Waals surface area contributed by atoms with Gasteiger partial charge >= 0.3 is 0 Å². The van der Waals surface area contributed by atoms with Gasteiger partial charge in [0.25, 0.3) is 0 Å². The maximum absolute atomic E-state index is 8.86. The molecule has 3 nitrogen and oxygen atoms in total. The summed E-state index contributed by atoms with van der Waals surface area (Å²) in [5.41, 5.74) is 0.680. The lowest BCUT2D eigenvalue weighted by Crippen LogP contribution is -2.32. The van der Waals surface area contributed by atoms with E-state index in [4.69, 9.17) is 16.7 Å². The second-order valence-corrected chi connectivity index (χ2v) is 4.25. The van der Waals surface area contributed by atoms with Gasteiger partial charge in [-0.15, -0.1) is 0 Å². The first-order valence-electron chi connectivity index (χ1n) is 4.54. The highest BCUT2D eigenvalue weighted by Gasteiger charge is 2.17. The predicted octanol–water partition coefficient (Wildman–Crippen LogP) is 2.31. The maximum Gasteiger partial charge on any atom is 0.0820 e. The van der Waals surface area contributed by atoms with Gasteiger partial charge in [0.15, 0.2) is 0 Å². The highest BCUT2D eigenvalue weighted by molar-refractivity contribution is 6.33. The van der Waals surface area contributed by atoms with Crippen molar-refractivity contribution in [2.75, 3.05) is 11.9 Å². The lowest BCUT2D eigenvalue weighted by Gasteiger charge is -2.27. The molecule has 0 aliphatic rings. The molecule has 0 fully saturated rings. The Balaban J connectivity index is 2.73. The molecule has 0 aromatic carbocycles. The molecule has 1 aromatic rings. The molecule has 1 rings (SSSR count). The molecular weight excluding hydrogens is 200 g/mol. The standard InChI is InChI=1S/C10H15ClN2O/c1-10(2,4-6-14)13-9-3-5-12-7-8(9)11/h3,5,7,14H,4,6H2,1-2H3,(H,12,13). The van der Waals surface area contributed by atoms with Crippen LogP contribution in [-0.4, -0.2) is 22.2 Å². The minimum atomic E-state index is -0.167. The molecule has 4 heteroatoms. The van der Waals surface area contributed by atoms with Crippen molar-refractivity contribution in [2.24, 2.45) is 0 Å². The molecule has 1 aromatic heterocycles. The summed E-state index contributed by atoms with van der Waals surface area (Å²) in [4.78, 5) is 3.90. The van der Waals surface area contributed by atoms with E-state index in [0.29, 0.717) is 11.4 Å². The van der Waals surface area contributed by atoms with E-state index in [9.17, 15) is 0 Å². The zero-order valence-electron chi connectivity index (χ0n) is 8.42. The van der Waals surface area contributed by atoms with Crippen molar-refractivity contribution in [3.8, 4) is 0 Å². The molecular formula is C10H15ClN2O. The summed E-state index contributed by atoms with van der Waals surface area (Å²) in [5, 5.41) is 12.7. The summed E-state index contributed by atoms with van der Waals surface area (Å²) in [6.07, 6.45) is 3.95. The van der Waals surface area contributed by atoms with Gasteiger partial charge in [-0.1, -0.05) is 11.6 Å². The smallest absolute Gasteiger partial charge is 0.0820 e. The Hall–Kier alpha value is -0.800. The van der Waals surface area contributed by atoms with Gasteiger partial charge in [-0.2, -0.15) is 0 Å². The average molecular weight is 215 g/mol. The Labute approximate surface area is 89.1 Å². The largest absolute Gasteiger partial charge is 0.396 e. The maximum atomic E-state index is 8.86. The summed E-state index contributed by atoms with van der Waals surface area (Å²) in [6.45, 7) is 4.18.